The molecule has 116 valence electrons. The molecule has 1 atom stereocenters. The van der Waals surface area contributed by atoms with Crippen LogP contribution >= 0.6 is 0 Å². The van der Waals surface area contributed by atoms with Gasteiger partial charge in [0.25, 0.3) is 0 Å². The number of nitrogens with zero attached hydrogens (tertiary/aromatic N) is 1. The van der Waals surface area contributed by atoms with Crippen molar-refractivity contribution < 1.29 is 9.53 Å². The van der Waals surface area contributed by atoms with Crippen LogP contribution in [0.3, 0.4) is 0 Å². The van der Waals surface area contributed by atoms with Crippen LogP contribution in [-0.2, 0) is 6.54 Å². The Bertz CT molecular complexity index is 585. The van der Waals surface area contributed by atoms with Crippen LogP contribution in [0.2, 0.25) is 0 Å². The minimum Gasteiger partial charge on any atom is -0.489 e. The first kappa shape index (κ1) is 15.8. The number of aromatic nitrogens is 1. The van der Waals surface area contributed by atoms with Crippen LogP contribution in [0.1, 0.15) is 18.2 Å². The summed E-state index contributed by atoms with van der Waals surface area (Å²) in [5, 5.41) is 5.58. The van der Waals surface area contributed by atoms with E-state index in [9.17, 15) is 4.79 Å². The van der Waals surface area contributed by atoms with Gasteiger partial charge >= 0.3 is 6.03 Å². The summed E-state index contributed by atoms with van der Waals surface area (Å²) in [7, 11) is 0. The number of benzene rings is 1. The summed E-state index contributed by atoms with van der Waals surface area (Å²) in [6, 6.07) is 13.2. The number of para-hydroxylation sites is 1. The molecule has 0 radical (unpaired) electrons. The first-order chi connectivity index (χ1) is 10.6. The Labute approximate surface area is 130 Å². The number of carbonyl (C=O) groups is 1. The lowest BCUT2D eigenvalue weighted by molar-refractivity contribution is 0.207. The molecule has 2 aromatic rings. The SMILES string of the molecule is Cc1ccc(CNC(=O)NC[C@@H](C)Oc2ccccc2)cn1. The number of hydrogen-bond acceptors (Lipinski definition) is 3. The summed E-state index contributed by atoms with van der Waals surface area (Å²) < 4.78 is 5.69. The van der Waals surface area contributed by atoms with Gasteiger partial charge in [-0.05, 0) is 37.6 Å². The van der Waals surface area contributed by atoms with E-state index >= 15 is 0 Å². The van der Waals surface area contributed by atoms with E-state index in [1.807, 2.05) is 56.3 Å². The van der Waals surface area contributed by atoms with E-state index in [0.717, 1.165) is 17.0 Å². The number of aryl methyl sites for hydroxylation is 1. The quantitative estimate of drug-likeness (QED) is 0.862. The van der Waals surface area contributed by atoms with Crippen molar-refractivity contribution in [2.45, 2.75) is 26.5 Å². The Kier molecular flexibility index (Phi) is 5.77. The molecule has 0 fully saturated rings. The maximum absolute atomic E-state index is 11.7. The van der Waals surface area contributed by atoms with Gasteiger partial charge in [0, 0.05) is 18.4 Å². The van der Waals surface area contributed by atoms with Gasteiger partial charge in [0.05, 0.1) is 6.54 Å². The fourth-order valence-corrected chi connectivity index (χ4v) is 1.86. The Morgan fingerprint density at radius 2 is 1.95 bits per heavy atom. The second-order valence-electron chi connectivity index (χ2n) is 5.11. The number of rotatable bonds is 6. The molecule has 5 heteroatoms. The third-order valence-electron chi connectivity index (χ3n) is 3.06. The summed E-state index contributed by atoms with van der Waals surface area (Å²) >= 11 is 0. The maximum atomic E-state index is 11.7. The summed E-state index contributed by atoms with van der Waals surface area (Å²) in [6.45, 7) is 4.73. The van der Waals surface area contributed by atoms with Gasteiger partial charge < -0.3 is 15.4 Å². The minimum absolute atomic E-state index is 0.103. The van der Waals surface area contributed by atoms with E-state index in [4.69, 9.17) is 4.74 Å². The van der Waals surface area contributed by atoms with Crippen LogP contribution < -0.4 is 15.4 Å². The predicted molar refractivity (Wildman–Crippen MR) is 85.7 cm³/mol. The molecule has 0 saturated carbocycles. The standard InChI is InChI=1S/C17H21N3O2/c1-13-8-9-15(11-18-13)12-20-17(21)19-10-14(2)22-16-6-4-3-5-7-16/h3-9,11,14H,10,12H2,1-2H3,(H2,19,20,21)/t14-/m1/s1. The zero-order valence-corrected chi connectivity index (χ0v) is 12.9. The molecule has 0 aliphatic heterocycles. The summed E-state index contributed by atoms with van der Waals surface area (Å²) in [4.78, 5) is 15.9. The molecular formula is C17H21N3O2. The highest BCUT2D eigenvalue weighted by atomic mass is 16.5. The van der Waals surface area contributed by atoms with Crippen LogP contribution in [0.25, 0.3) is 0 Å². The second kappa shape index (κ2) is 8.02. The molecule has 1 aromatic carbocycles. The number of hydrogen-bond donors (Lipinski definition) is 2. The van der Waals surface area contributed by atoms with Gasteiger partial charge in [-0.2, -0.15) is 0 Å². The van der Waals surface area contributed by atoms with Gasteiger partial charge in [-0.1, -0.05) is 24.3 Å². The van der Waals surface area contributed by atoms with Crippen molar-refractivity contribution in [2.75, 3.05) is 6.54 Å². The van der Waals surface area contributed by atoms with Crippen molar-refractivity contribution in [1.29, 1.82) is 0 Å². The average Bonchev–Trinajstić information content (AvgIpc) is 2.53. The van der Waals surface area contributed by atoms with E-state index in [1.165, 1.54) is 0 Å². The van der Waals surface area contributed by atoms with Gasteiger partial charge in [-0.25, -0.2) is 4.79 Å². The normalized spacial score (nSPS) is 11.5. The van der Waals surface area contributed by atoms with Gasteiger partial charge in [0.2, 0.25) is 0 Å². The van der Waals surface area contributed by atoms with Crippen molar-refractivity contribution in [2.24, 2.45) is 0 Å². The molecule has 5 nitrogen and oxygen atoms in total. The number of urea groups is 1. The molecule has 1 heterocycles. The van der Waals surface area contributed by atoms with E-state index < -0.39 is 0 Å². The first-order valence-corrected chi connectivity index (χ1v) is 7.28. The third kappa shape index (κ3) is 5.44. The topological polar surface area (TPSA) is 63.2 Å². The van der Waals surface area contributed by atoms with Crippen LogP contribution in [-0.4, -0.2) is 23.7 Å². The van der Waals surface area contributed by atoms with E-state index in [2.05, 4.69) is 15.6 Å². The Hall–Kier alpha value is -2.56. The molecule has 0 bridgehead atoms. The Morgan fingerprint density at radius 1 is 1.18 bits per heavy atom. The fourth-order valence-electron chi connectivity index (χ4n) is 1.86. The Balaban J connectivity index is 1.67. The third-order valence-corrected chi connectivity index (χ3v) is 3.06. The predicted octanol–water partition coefficient (Wildman–Crippen LogP) is 2.66. The molecule has 0 aliphatic rings. The van der Waals surface area contributed by atoms with Crippen molar-refractivity contribution >= 4 is 6.03 Å². The van der Waals surface area contributed by atoms with Crippen molar-refractivity contribution in [3.05, 3.63) is 59.9 Å². The lowest BCUT2D eigenvalue weighted by Gasteiger charge is -2.15. The summed E-state index contributed by atoms with van der Waals surface area (Å²) in [5.41, 5.74) is 1.93. The second-order valence-corrected chi connectivity index (χ2v) is 5.11. The van der Waals surface area contributed by atoms with E-state index in [-0.39, 0.29) is 12.1 Å². The number of pyridine rings is 1. The highest BCUT2D eigenvalue weighted by Crippen LogP contribution is 2.10. The smallest absolute Gasteiger partial charge is 0.315 e. The average molecular weight is 299 g/mol. The fraction of sp³-hybridized carbons (Fsp3) is 0.294. The van der Waals surface area contributed by atoms with Crippen LogP contribution in [0, 0.1) is 6.92 Å². The lowest BCUT2D eigenvalue weighted by atomic mass is 10.2. The Morgan fingerprint density at radius 3 is 2.64 bits per heavy atom. The monoisotopic (exact) mass is 299 g/mol. The summed E-state index contributed by atoms with van der Waals surface area (Å²) in [6.07, 6.45) is 1.66. The van der Waals surface area contributed by atoms with Crippen molar-refractivity contribution in [3.63, 3.8) is 0 Å². The molecule has 22 heavy (non-hydrogen) atoms. The molecule has 2 rings (SSSR count). The first-order valence-electron chi connectivity index (χ1n) is 7.28. The maximum Gasteiger partial charge on any atom is 0.315 e. The molecule has 2 amide bonds. The van der Waals surface area contributed by atoms with E-state index in [0.29, 0.717) is 13.1 Å². The molecular weight excluding hydrogens is 278 g/mol. The largest absolute Gasteiger partial charge is 0.489 e. The highest BCUT2D eigenvalue weighted by Gasteiger charge is 2.06. The van der Waals surface area contributed by atoms with Gasteiger partial charge in [-0.3, -0.25) is 4.98 Å². The van der Waals surface area contributed by atoms with Crippen LogP contribution in [0.5, 0.6) is 5.75 Å². The number of carbonyl (C=O) groups excluding carboxylic acids is 1. The molecule has 1 aromatic heterocycles. The van der Waals surface area contributed by atoms with Crippen LogP contribution in [0.4, 0.5) is 4.79 Å². The number of amides is 2. The van der Waals surface area contributed by atoms with Crippen LogP contribution in [0.15, 0.2) is 48.7 Å². The van der Waals surface area contributed by atoms with Gasteiger partial charge in [-0.15, -0.1) is 0 Å². The molecule has 2 N–H and O–H groups in total. The number of nitrogens with one attached hydrogen (secondary N) is 2. The lowest BCUT2D eigenvalue weighted by Crippen LogP contribution is -2.40. The zero-order chi connectivity index (χ0) is 15.8. The molecule has 0 unspecified atom stereocenters. The highest BCUT2D eigenvalue weighted by molar-refractivity contribution is 5.73. The van der Waals surface area contributed by atoms with Gasteiger partial charge in [0.1, 0.15) is 11.9 Å². The molecule has 0 spiro atoms. The molecule has 0 saturated heterocycles. The van der Waals surface area contributed by atoms with Crippen molar-refractivity contribution in [1.82, 2.24) is 15.6 Å². The van der Waals surface area contributed by atoms with E-state index in [1.54, 1.807) is 6.20 Å². The summed E-state index contributed by atoms with van der Waals surface area (Å²) in [5.74, 6) is 0.794. The molecule has 0 aliphatic carbocycles. The minimum atomic E-state index is -0.218. The van der Waals surface area contributed by atoms with Crippen molar-refractivity contribution in [3.8, 4) is 5.75 Å². The number of ether oxygens (including phenoxy) is 1. The zero-order valence-electron chi connectivity index (χ0n) is 12.9. The van der Waals surface area contributed by atoms with Gasteiger partial charge in [0.15, 0.2) is 0 Å².